The SMILES string of the molecule is O=C(NC(CO)c1ccccc1)NC1C2CCOC2C12CCC2. The maximum absolute atomic E-state index is 12.4. The molecule has 1 heterocycles. The number of hydrogen-bond acceptors (Lipinski definition) is 3. The van der Waals surface area contributed by atoms with Crippen molar-refractivity contribution in [2.45, 2.75) is 43.9 Å². The van der Waals surface area contributed by atoms with Crippen LogP contribution in [0.5, 0.6) is 0 Å². The lowest BCUT2D eigenvalue weighted by Crippen LogP contribution is -2.72. The van der Waals surface area contributed by atoms with Crippen molar-refractivity contribution in [3.8, 4) is 0 Å². The van der Waals surface area contributed by atoms with Crippen LogP contribution in [0.1, 0.15) is 37.3 Å². The van der Waals surface area contributed by atoms with Gasteiger partial charge < -0.3 is 20.5 Å². The molecule has 0 bridgehead atoms. The molecule has 1 aliphatic heterocycles. The van der Waals surface area contributed by atoms with Crippen LogP contribution in [-0.4, -0.2) is 36.5 Å². The molecule has 4 atom stereocenters. The third-order valence-corrected chi connectivity index (χ3v) is 6.01. The van der Waals surface area contributed by atoms with Crippen molar-refractivity contribution in [1.29, 1.82) is 0 Å². The van der Waals surface area contributed by atoms with E-state index >= 15 is 0 Å². The number of fused-ring (bicyclic) bond motifs is 2. The minimum atomic E-state index is -0.371. The van der Waals surface area contributed by atoms with Gasteiger partial charge in [-0.1, -0.05) is 36.8 Å². The molecule has 1 aromatic rings. The molecule has 3 N–H and O–H groups in total. The Hall–Kier alpha value is -1.59. The van der Waals surface area contributed by atoms with Crippen molar-refractivity contribution in [3.05, 3.63) is 35.9 Å². The lowest BCUT2D eigenvalue weighted by molar-refractivity contribution is -0.172. The fourth-order valence-corrected chi connectivity index (χ4v) is 4.72. The molecular formula is C18H24N2O3. The highest BCUT2D eigenvalue weighted by Gasteiger charge is 2.67. The van der Waals surface area contributed by atoms with Crippen LogP contribution in [0.25, 0.3) is 0 Å². The number of nitrogens with one attached hydrogen (secondary N) is 2. The Morgan fingerprint density at radius 3 is 2.78 bits per heavy atom. The Morgan fingerprint density at radius 1 is 1.35 bits per heavy atom. The molecule has 2 saturated carbocycles. The van der Waals surface area contributed by atoms with E-state index in [1.165, 1.54) is 6.42 Å². The summed E-state index contributed by atoms with van der Waals surface area (Å²) in [5.74, 6) is 0.463. The number of amides is 2. The van der Waals surface area contributed by atoms with Crippen molar-refractivity contribution in [3.63, 3.8) is 0 Å². The summed E-state index contributed by atoms with van der Waals surface area (Å²) in [7, 11) is 0. The van der Waals surface area contributed by atoms with Crippen LogP contribution >= 0.6 is 0 Å². The molecular weight excluding hydrogens is 292 g/mol. The number of aliphatic hydroxyl groups excluding tert-OH is 1. The van der Waals surface area contributed by atoms with Gasteiger partial charge in [-0.25, -0.2) is 4.79 Å². The minimum absolute atomic E-state index is 0.109. The number of rotatable bonds is 4. The summed E-state index contributed by atoms with van der Waals surface area (Å²) in [6.07, 6.45) is 4.93. The first-order valence-corrected chi connectivity index (χ1v) is 8.59. The molecule has 5 heteroatoms. The van der Waals surface area contributed by atoms with Gasteiger partial charge in [-0.3, -0.25) is 0 Å². The molecule has 2 aliphatic carbocycles. The van der Waals surface area contributed by atoms with Gasteiger partial charge in [-0.15, -0.1) is 0 Å². The van der Waals surface area contributed by atoms with E-state index in [-0.39, 0.29) is 30.1 Å². The topological polar surface area (TPSA) is 70.6 Å². The van der Waals surface area contributed by atoms with Gasteiger partial charge in [0.25, 0.3) is 0 Å². The minimum Gasteiger partial charge on any atom is -0.394 e. The zero-order chi connectivity index (χ0) is 15.9. The summed E-state index contributed by atoms with van der Waals surface area (Å²) in [6, 6.07) is 9.24. The Kier molecular flexibility index (Phi) is 3.77. The predicted molar refractivity (Wildman–Crippen MR) is 85.9 cm³/mol. The van der Waals surface area contributed by atoms with E-state index in [0.717, 1.165) is 31.4 Å². The highest BCUT2D eigenvalue weighted by molar-refractivity contribution is 5.75. The maximum Gasteiger partial charge on any atom is 0.315 e. The molecule has 1 saturated heterocycles. The van der Waals surface area contributed by atoms with Gasteiger partial charge in [0.2, 0.25) is 0 Å². The number of ether oxygens (including phenoxy) is 1. The molecule has 3 aliphatic rings. The first-order chi connectivity index (χ1) is 11.2. The van der Waals surface area contributed by atoms with Gasteiger partial charge in [-0.2, -0.15) is 0 Å². The predicted octanol–water partition coefficient (Wildman–Crippen LogP) is 1.98. The normalized spacial score (nSPS) is 31.6. The van der Waals surface area contributed by atoms with E-state index in [1.807, 2.05) is 30.3 Å². The van der Waals surface area contributed by atoms with E-state index < -0.39 is 0 Å². The quantitative estimate of drug-likeness (QED) is 0.795. The zero-order valence-corrected chi connectivity index (χ0v) is 13.2. The standard InChI is InChI=1S/C18H24N2O3/c21-11-14(12-5-2-1-3-6-12)19-17(22)20-15-13-7-10-23-16(13)18(15)8-4-9-18/h1-3,5-6,13-16,21H,4,7-11H2,(H2,19,20,22). The molecule has 23 heavy (non-hydrogen) atoms. The van der Waals surface area contributed by atoms with Gasteiger partial charge in [-0.05, 0) is 24.8 Å². The van der Waals surface area contributed by atoms with E-state index in [2.05, 4.69) is 10.6 Å². The molecule has 2 amide bonds. The van der Waals surface area contributed by atoms with E-state index in [4.69, 9.17) is 4.74 Å². The third-order valence-electron chi connectivity index (χ3n) is 6.01. The van der Waals surface area contributed by atoms with Gasteiger partial charge in [0.15, 0.2) is 0 Å². The number of aliphatic hydroxyl groups is 1. The second kappa shape index (κ2) is 5.80. The van der Waals surface area contributed by atoms with Gasteiger partial charge in [0.05, 0.1) is 18.8 Å². The number of benzene rings is 1. The lowest BCUT2D eigenvalue weighted by atomic mass is 9.46. The van der Waals surface area contributed by atoms with Crippen molar-refractivity contribution >= 4 is 6.03 Å². The van der Waals surface area contributed by atoms with Crippen LogP contribution in [0, 0.1) is 11.3 Å². The smallest absolute Gasteiger partial charge is 0.315 e. The third kappa shape index (κ3) is 2.34. The highest BCUT2D eigenvalue weighted by atomic mass is 16.5. The van der Waals surface area contributed by atoms with E-state index in [1.54, 1.807) is 0 Å². The number of carbonyl (C=O) groups is 1. The molecule has 4 unspecified atom stereocenters. The van der Waals surface area contributed by atoms with Gasteiger partial charge in [0, 0.05) is 24.0 Å². The second-order valence-corrected chi connectivity index (χ2v) is 7.07. The average molecular weight is 316 g/mol. The maximum atomic E-state index is 12.4. The number of carbonyl (C=O) groups excluding carboxylic acids is 1. The molecule has 124 valence electrons. The van der Waals surface area contributed by atoms with Crippen LogP contribution in [0.15, 0.2) is 30.3 Å². The summed E-state index contributed by atoms with van der Waals surface area (Å²) in [5.41, 5.74) is 1.10. The van der Waals surface area contributed by atoms with Crippen LogP contribution < -0.4 is 10.6 Å². The Labute approximate surface area is 136 Å². The summed E-state index contributed by atoms with van der Waals surface area (Å²) in [6.45, 7) is 0.711. The molecule has 0 aromatic heterocycles. The zero-order valence-electron chi connectivity index (χ0n) is 13.2. The average Bonchev–Trinajstić information content (AvgIpc) is 2.95. The number of hydrogen-bond donors (Lipinski definition) is 3. The summed E-state index contributed by atoms with van der Waals surface area (Å²) >= 11 is 0. The van der Waals surface area contributed by atoms with Crippen molar-refractivity contribution in [2.24, 2.45) is 11.3 Å². The summed E-state index contributed by atoms with van der Waals surface area (Å²) in [4.78, 5) is 12.4. The van der Waals surface area contributed by atoms with Gasteiger partial charge in [0.1, 0.15) is 0 Å². The molecule has 0 radical (unpaired) electrons. The largest absolute Gasteiger partial charge is 0.394 e. The van der Waals surface area contributed by atoms with Crippen LogP contribution in [0.3, 0.4) is 0 Å². The van der Waals surface area contributed by atoms with Crippen molar-refractivity contribution < 1.29 is 14.6 Å². The van der Waals surface area contributed by atoms with Gasteiger partial charge >= 0.3 is 6.03 Å². The first kappa shape index (κ1) is 15.0. The molecule has 1 spiro atoms. The Bertz CT molecular complexity index is 573. The monoisotopic (exact) mass is 316 g/mol. The fraction of sp³-hybridized carbons (Fsp3) is 0.611. The highest BCUT2D eigenvalue weighted by Crippen LogP contribution is 2.62. The van der Waals surface area contributed by atoms with Crippen molar-refractivity contribution in [1.82, 2.24) is 10.6 Å². The lowest BCUT2D eigenvalue weighted by Gasteiger charge is -2.63. The summed E-state index contributed by atoms with van der Waals surface area (Å²) in [5, 5.41) is 15.7. The van der Waals surface area contributed by atoms with E-state index in [9.17, 15) is 9.90 Å². The first-order valence-electron chi connectivity index (χ1n) is 8.59. The van der Waals surface area contributed by atoms with Crippen LogP contribution in [-0.2, 0) is 4.74 Å². The summed E-state index contributed by atoms with van der Waals surface area (Å²) < 4.78 is 5.88. The molecule has 5 nitrogen and oxygen atoms in total. The second-order valence-electron chi connectivity index (χ2n) is 7.07. The fourth-order valence-electron chi connectivity index (χ4n) is 4.72. The van der Waals surface area contributed by atoms with Crippen molar-refractivity contribution in [2.75, 3.05) is 13.2 Å². The van der Waals surface area contributed by atoms with Crippen LogP contribution in [0.2, 0.25) is 0 Å². The number of urea groups is 1. The Morgan fingerprint density at radius 2 is 2.13 bits per heavy atom. The molecule has 1 aromatic carbocycles. The Balaban J connectivity index is 1.40. The van der Waals surface area contributed by atoms with E-state index in [0.29, 0.717) is 12.0 Å². The molecule has 4 rings (SSSR count). The molecule has 3 fully saturated rings. The van der Waals surface area contributed by atoms with Crippen LogP contribution in [0.4, 0.5) is 4.79 Å².